The predicted octanol–water partition coefficient (Wildman–Crippen LogP) is 4.64. The van der Waals surface area contributed by atoms with Gasteiger partial charge in [-0.15, -0.1) is 23.2 Å². The molecule has 4 amide bonds. The van der Waals surface area contributed by atoms with Gasteiger partial charge < -0.3 is 19.7 Å². The molecule has 260 valence electrons. The van der Waals surface area contributed by atoms with Crippen molar-refractivity contribution in [3.8, 4) is 5.75 Å². The fraction of sp³-hybridized carbons (Fsp3) is 0.281. The van der Waals surface area contributed by atoms with E-state index in [0.29, 0.717) is 4.90 Å². The van der Waals surface area contributed by atoms with Crippen molar-refractivity contribution in [2.45, 2.75) is 35.1 Å². The third-order valence-electron chi connectivity index (χ3n) is 9.81. The minimum Gasteiger partial charge on any atom is -0.507 e. The van der Waals surface area contributed by atoms with Gasteiger partial charge in [0.25, 0.3) is 11.8 Å². The number of carbonyl (C=O) groups is 5. The van der Waals surface area contributed by atoms with E-state index in [9.17, 15) is 52.5 Å². The molecule has 6 atom stereocenters. The highest BCUT2D eigenvalue weighted by Crippen LogP contribution is 2.66. The Kier molecular flexibility index (Phi) is 7.48. The Morgan fingerprint density at radius 1 is 0.880 bits per heavy atom. The van der Waals surface area contributed by atoms with E-state index in [4.69, 9.17) is 27.6 Å². The molecule has 3 N–H and O–H groups in total. The van der Waals surface area contributed by atoms with Crippen LogP contribution in [0.4, 0.5) is 33.3 Å². The molecule has 3 fully saturated rings. The number of carboxylic acids is 1. The lowest BCUT2D eigenvalue weighted by atomic mass is 9.57. The molecule has 1 aromatic heterocycles. The van der Waals surface area contributed by atoms with Gasteiger partial charge in [-0.3, -0.25) is 19.2 Å². The number of hydrogen-bond acceptors (Lipinski definition) is 8. The molecule has 3 heterocycles. The van der Waals surface area contributed by atoms with Gasteiger partial charge in [0.1, 0.15) is 35.1 Å². The second kappa shape index (κ2) is 11.1. The molecular formula is C32H19Cl2F5N2O9. The number of amides is 4. The number of hydrogen-bond donors (Lipinski definition) is 3. The molecule has 2 saturated heterocycles. The molecule has 7 rings (SSSR count). The predicted molar refractivity (Wildman–Crippen MR) is 159 cm³/mol. The van der Waals surface area contributed by atoms with Gasteiger partial charge in [0.05, 0.1) is 23.4 Å². The summed E-state index contributed by atoms with van der Waals surface area (Å²) in [5.41, 5.74) is -2.53. The second-order valence-corrected chi connectivity index (χ2v) is 13.4. The fourth-order valence-corrected chi connectivity index (χ4v) is 8.52. The topological polar surface area (TPSA) is 166 Å². The van der Waals surface area contributed by atoms with Crippen LogP contribution in [0.15, 0.2) is 46.4 Å². The number of nitrogens with zero attached hydrogens (tertiary/aromatic N) is 2. The molecule has 2 aromatic carbocycles. The number of imide groups is 2. The SMILES string of the molecule is O=C(O)c1ccc(N2C(=O)[C@H]3[C@H](CC=C4[C@H]3C[C@@]3(Cl)C(=O)N(c5c(F)c(F)c(F)c(F)c5F)C(=O)[C@@]3(Cl)[C@H]4c3ccc(CO)o3)C2=O)cc1O. The number of anilines is 2. The van der Waals surface area contributed by atoms with E-state index in [1.54, 1.807) is 0 Å². The molecule has 2 aliphatic carbocycles. The number of allylic oxidation sites excluding steroid dienone is 2. The molecule has 0 unspecified atom stereocenters. The number of aliphatic hydroxyl groups excluding tert-OH is 1. The number of phenols is 1. The van der Waals surface area contributed by atoms with Crippen LogP contribution in [0.3, 0.4) is 0 Å². The van der Waals surface area contributed by atoms with Crippen LogP contribution in [0.1, 0.15) is 40.6 Å². The average molecular weight is 741 g/mol. The first-order valence-electron chi connectivity index (χ1n) is 14.6. The van der Waals surface area contributed by atoms with E-state index in [2.05, 4.69) is 0 Å². The Labute approximate surface area is 286 Å². The van der Waals surface area contributed by atoms with Crippen molar-refractivity contribution in [3.63, 3.8) is 0 Å². The minimum absolute atomic E-state index is 0.0758. The summed E-state index contributed by atoms with van der Waals surface area (Å²) in [7, 11) is 0. The van der Waals surface area contributed by atoms with E-state index in [-0.39, 0.29) is 34.1 Å². The van der Waals surface area contributed by atoms with Crippen LogP contribution < -0.4 is 9.80 Å². The molecule has 3 aromatic rings. The molecule has 4 aliphatic rings. The monoisotopic (exact) mass is 740 g/mol. The summed E-state index contributed by atoms with van der Waals surface area (Å²) >= 11 is 14.0. The first-order valence-corrected chi connectivity index (χ1v) is 15.4. The molecule has 2 aliphatic heterocycles. The normalized spacial score (nSPS) is 28.9. The smallest absolute Gasteiger partial charge is 0.339 e. The van der Waals surface area contributed by atoms with E-state index >= 15 is 8.78 Å². The lowest BCUT2D eigenvalue weighted by Gasteiger charge is -2.49. The van der Waals surface area contributed by atoms with Crippen molar-refractivity contribution in [1.29, 1.82) is 0 Å². The van der Waals surface area contributed by atoms with Crippen molar-refractivity contribution >= 4 is 64.2 Å². The molecule has 0 spiro atoms. The number of alkyl halides is 2. The summed E-state index contributed by atoms with van der Waals surface area (Å²) in [6.07, 6.45) is 0.505. The molecule has 11 nitrogen and oxygen atoms in total. The second-order valence-electron chi connectivity index (χ2n) is 12.2. The van der Waals surface area contributed by atoms with Crippen molar-refractivity contribution in [1.82, 2.24) is 0 Å². The zero-order valence-electron chi connectivity index (χ0n) is 24.7. The molecule has 50 heavy (non-hydrogen) atoms. The Morgan fingerprint density at radius 3 is 2.10 bits per heavy atom. The van der Waals surface area contributed by atoms with E-state index in [1.807, 2.05) is 0 Å². The van der Waals surface area contributed by atoms with Crippen LogP contribution in [0, 0.1) is 46.8 Å². The molecule has 0 radical (unpaired) electrons. The Hall–Kier alpha value is -4.80. The van der Waals surface area contributed by atoms with Crippen molar-refractivity contribution in [3.05, 3.63) is 88.2 Å². The molecule has 0 bridgehead atoms. The highest BCUT2D eigenvalue weighted by Gasteiger charge is 2.77. The summed E-state index contributed by atoms with van der Waals surface area (Å²) < 4.78 is 78.6. The van der Waals surface area contributed by atoms with Gasteiger partial charge >= 0.3 is 5.97 Å². The Bertz CT molecular complexity index is 2110. The van der Waals surface area contributed by atoms with Gasteiger partial charge in [-0.1, -0.05) is 11.6 Å². The van der Waals surface area contributed by atoms with Gasteiger partial charge in [-0.05, 0) is 43.0 Å². The number of rotatable bonds is 5. The van der Waals surface area contributed by atoms with Gasteiger partial charge in [0.2, 0.25) is 17.6 Å². The van der Waals surface area contributed by atoms with Crippen molar-refractivity contribution in [2.75, 3.05) is 9.80 Å². The summed E-state index contributed by atoms with van der Waals surface area (Å²) in [4.78, 5) is 62.4. The fourth-order valence-electron chi connectivity index (χ4n) is 7.61. The van der Waals surface area contributed by atoms with Crippen LogP contribution in [-0.2, 0) is 25.8 Å². The highest BCUT2D eigenvalue weighted by molar-refractivity contribution is 6.58. The van der Waals surface area contributed by atoms with Crippen LogP contribution in [0.2, 0.25) is 0 Å². The largest absolute Gasteiger partial charge is 0.507 e. The number of carboxylic acid groups (broad SMARTS) is 1. The van der Waals surface area contributed by atoms with Crippen LogP contribution >= 0.6 is 23.2 Å². The van der Waals surface area contributed by atoms with Gasteiger partial charge in [-0.2, -0.15) is 0 Å². The summed E-state index contributed by atoms with van der Waals surface area (Å²) in [6, 6.07) is 5.48. The number of furan rings is 1. The van der Waals surface area contributed by atoms with Crippen LogP contribution in [0.25, 0.3) is 0 Å². The standard InChI is InChI=1S/C32H19Cl2F5N2O9/c33-31-8-15-12(4-5-14-18(15)27(45)40(26(14)44)10-1-3-13(28(46)47)16(43)7-10)19(17-6-2-11(9-42)50-17)32(31,34)30(49)41(29(31)48)25-23(38)21(36)20(35)22(37)24(25)39/h1-4,6-7,14-15,18-19,42-43H,5,8-9H2,(H,46,47)/t14-,15+,18-,19+,31+,32-/m0/s1. The summed E-state index contributed by atoms with van der Waals surface area (Å²) in [6.45, 7) is -0.666. The first kappa shape index (κ1) is 33.7. The number of aliphatic hydroxyl groups is 1. The maximum Gasteiger partial charge on any atom is 0.339 e. The maximum atomic E-state index is 15.1. The minimum atomic E-state index is -2.80. The van der Waals surface area contributed by atoms with E-state index < -0.39 is 122 Å². The maximum absolute atomic E-state index is 15.1. The summed E-state index contributed by atoms with van der Waals surface area (Å²) in [5, 5.41) is 29.2. The average Bonchev–Trinajstić information content (AvgIpc) is 3.69. The van der Waals surface area contributed by atoms with Crippen molar-refractivity contribution < 1.29 is 65.7 Å². The number of benzene rings is 2. The third kappa shape index (κ3) is 4.15. The molecular weight excluding hydrogens is 722 g/mol. The number of fused-ring (bicyclic) bond motifs is 4. The van der Waals surface area contributed by atoms with Crippen LogP contribution in [-0.4, -0.2) is 54.7 Å². The van der Waals surface area contributed by atoms with E-state index in [1.165, 1.54) is 18.2 Å². The number of aromatic carboxylic acids is 1. The number of halogens is 7. The zero-order valence-corrected chi connectivity index (χ0v) is 26.2. The lowest BCUT2D eigenvalue weighted by Crippen LogP contribution is -2.60. The molecule has 1 saturated carbocycles. The van der Waals surface area contributed by atoms with Gasteiger partial charge in [0.15, 0.2) is 33.0 Å². The number of carbonyl (C=O) groups excluding carboxylic acids is 4. The van der Waals surface area contributed by atoms with Crippen LogP contribution in [0.5, 0.6) is 5.75 Å². The first-order chi connectivity index (χ1) is 23.5. The highest BCUT2D eigenvalue weighted by atomic mass is 35.5. The quantitative estimate of drug-likeness (QED) is 0.0844. The third-order valence-corrected chi connectivity index (χ3v) is 11.2. The lowest BCUT2D eigenvalue weighted by molar-refractivity contribution is -0.125. The summed E-state index contributed by atoms with van der Waals surface area (Å²) in [5.74, 6) is -25.5. The Balaban J connectivity index is 1.39. The van der Waals surface area contributed by atoms with E-state index in [0.717, 1.165) is 18.2 Å². The Morgan fingerprint density at radius 2 is 1.52 bits per heavy atom. The van der Waals surface area contributed by atoms with Crippen molar-refractivity contribution in [2.24, 2.45) is 17.8 Å². The zero-order chi connectivity index (χ0) is 36.4. The van der Waals surface area contributed by atoms with Gasteiger partial charge in [0, 0.05) is 6.07 Å². The number of aromatic hydroxyl groups is 1. The van der Waals surface area contributed by atoms with Gasteiger partial charge in [-0.25, -0.2) is 36.5 Å². The molecule has 18 heteroatoms.